The largest absolute Gasteiger partial charge is 0.381 e. The summed E-state index contributed by atoms with van der Waals surface area (Å²) >= 11 is 0. The zero-order chi connectivity index (χ0) is 13.1. The van der Waals surface area contributed by atoms with Gasteiger partial charge in [0, 0.05) is 37.6 Å². The molecule has 0 aromatic carbocycles. The number of aromatic nitrogens is 1. The molecule has 0 aliphatic rings. The summed E-state index contributed by atoms with van der Waals surface area (Å²) in [5.74, 6) is 0. The molecule has 0 amide bonds. The van der Waals surface area contributed by atoms with Gasteiger partial charge in [0.2, 0.25) is 0 Å². The summed E-state index contributed by atoms with van der Waals surface area (Å²) < 4.78 is 5.57. The normalized spacial score (nSPS) is 12.6. The molecule has 0 radical (unpaired) electrons. The molecule has 1 heterocycles. The Hall–Kier alpha value is -0.930. The first-order valence-corrected chi connectivity index (χ1v) is 7.07. The lowest BCUT2D eigenvalue weighted by Gasteiger charge is -2.18. The van der Waals surface area contributed by atoms with Gasteiger partial charge in [0.25, 0.3) is 0 Å². The Labute approximate surface area is 111 Å². The maximum atomic E-state index is 5.57. The van der Waals surface area contributed by atoms with E-state index in [0.717, 1.165) is 51.1 Å². The summed E-state index contributed by atoms with van der Waals surface area (Å²) in [5.41, 5.74) is 1.15. The molecule has 3 nitrogen and oxygen atoms in total. The molecule has 0 aliphatic heterocycles. The van der Waals surface area contributed by atoms with Gasteiger partial charge >= 0.3 is 0 Å². The number of hydrogen-bond donors (Lipinski definition) is 1. The van der Waals surface area contributed by atoms with E-state index in [0.29, 0.717) is 6.04 Å². The average molecular weight is 250 g/mol. The van der Waals surface area contributed by atoms with Crippen LogP contribution in [0.25, 0.3) is 0 Å². The van der Waals surface area contributed by atoms with E-state index in [-0.39, 0.29) is 0 Å². The van der Waals surface area contributed by atoms with Crippen molar-refractivity contribution in [2.75, 3.05) is 19.8 Å². The maximum absolute atomic E-state index is 5.57. The third kappa shape index (κ3) is 6.72. The molecular weight excluding hydrogens is 224 g/mol. The third-order valence-electron chi connectivity index (χ3n) is 2.82. The van der Waals surface area contributed by atoms with Crippen molar-refractivity contribution >= 4 is 0 Å². The summed E-state index contributed by atoms with van der Waals surface area (Å²) in [4.78, 5) is 4.39. The molecule has 0 saturated heterocycles. The second kappa shape index (κ2) is 10.0. The van der Waals surface area contributed by atoms with Crippen LogP contribution in [0.4, 0.5) is 0 Å². The Morgan fingerprint density at radius 1 is 1.22 bits per heavy atom. The second-order valence-electron chi connectivity index (χ2n) is 4.58. The highest BCUT2D eigenvalue weighted by Crippen LogP contribution is 2.04. The van der Waals surface area contributed by atoms with E-state index in [1.165, 1.54) is 0 Å². The number of rotatable bonds is 10. The molecular formula is C15H26N2O. The lowest BCUT2D eigenvalue weighted by Crippen LogP contribution is -2.33. The number of nitrogens with zero attached hydrogens (tertiary/aromatic N) is 1. The molecule has 0 bridgehead atoms. The number of nitrogens with one attached hydrogen (secondary N) is 1. The van der Waals surface area contributed by atoms with Crippen LogP contribution < -0.4 is 5.32 Å². The highest BCUT2D eigenvalue weighted by Gasteiger charge is 2.09. The Morgan fingerprint density at radius 3 is 2.78 bits per heavy atom. The first-order chi connectivity index (χ1) is 8.86. The SMILES string of the molecule is CCCNC(CCOCCC)Cc1ccccn1. The van der Waals surface area contributed by atoms with Gasteiger partial charge in [-0.25, -0.2) is 0 Å². The lowest BCUT2D eigenvalue weighted by atomic mass is 10.1. The number of hydrogen-bond acceptors (Lipinski definition) is 3. The van der Waals surface area contributed by atoms with Crippen LogP contribution in [0.5, 0.6) is 0 Å². The Balaban J connectivity index is 2.35. The molecule has 1 atom stereocenters. The van der Waals surface area contributed by atoms with E-state index in [1.54, 1.807) is 0 Å². The van der Waals surface area contributed by atoms with Crippen molar-refractivity contribution in [1.82, 2.24) is 10.3 Å². The average Bonchev–Trinajstić information content (AvgIpc) is 2.41. The minimum atomic E-state index is 0.469. The Kier molecular flexibility index (Phi) is 8.43. The molecule has 1 aromatic heterocycles. The first kappa shape index (κ1) is 15.1. The van der Waals surface area contributed by atoms with Gasteiger partial charge in [-0.15, -0.1) is 0 Å². The van der Waals surface area contributed by atoms with Crippen molar-refractivity contribution in [1.29, 1.82) is 0 Å². The van der Waals surface area contributed by atoms with E-state index < -0.39 is 0 Å². The zero-order valence-electron chi connectivity index (χ0n) is 11.7. The highest BCUT2D eigenvalue weighted by atomic mass is 16.5. The quantitative estimate of drug-likeness (QED) is 0.648. The molecule has 3 heteroatoms. The first-order valence-electron chi connectivity index (χ1n) is 7.07. The standard InChI is InChI=1S/C15H26N2O/c1-3-9-16-15(8-12-18-11-4-2)13-14-7-5-6-10-17-14/h5-7,10,15-16H,3-4,8-9,11-13H2,1-2H3. The minimum Gasteiger partial charge on any atom is -0.381 e. The van der Waals surface area contributed by atoms with Gasteiger partial charge in [0.15, 0.2) is 0 Å². The highest BCUT2D eigenvalue weighted by molar-refractivity contribution is 5.05. The predicted octanol–water partition coefficient (Wildman–Crippen LogP) is 2.81. The van der Waals surface area contributed by atoms with E-state index in [4.69, 9.17) is 4.74 Å². The van der Waals surface area contributed by atoms with Crippen LogP contribution >= 0.6 is 0 Å². The number of ether oxygens (including phenoxy) is 1. The van der Waals surface area contributed by atoms with Crippen LogP contribution in [-0.4, -0.2) is 30.8 Å². The fraction of sp³-hybridized carbons (Fsp3) is 0.667. The van der Waals surface area contributed by atoms with Gasteiger partial charge in [-0.1, -0.05) is 19.9 Å². The van der Waals surface area contributed by atoms with Crippen molar-refractivity contribution < 1.29 is 4.74 Å². The predicted molar refractivity (Wildman–Crippen MR) is 75.7 cm³/mol. The van der Waals surface area contributed by atoms with Crippen molar-refractivity contribution in [2.45, 2.75) is 45.6 Å². The molecule has 0 spiro atoms. The van der Waals surface area contributed by atoms with E-state index >= 15 is 0 Å². The van der Waals surface area contributed by atoms with Crippen LogP contribution in [0.1, 0.15) is 38.8 Å². The van der Waals surface area contributed by atoms with Gasteiger partial charge in [0.1, 0.15) is 0 Å². The van der Waals surface area contributed by atoms with Crippen LogP contribution in [0.15, 0.2) is 24.4 Å². The van der Waals surface area contributed by atoms with Gasteiger partial charge in [-0.2, -0.15) is 0 Å². The maximum Gasteiger partial charge on any atom is 0.0480 e. The summed E-state index contributed by atoms with van der Waals surface area (Å²) in [6.07, 6.45) is 6.15. The van der Waals surface area contributed by atoms with Crippen molar-refractivity contribution in [3.05, 3.63) is 30.1 Å². The Morgan fingerprint density at radius 2 is 2.11 bits per heavy atom. The molecule has 102 valence electrons. The molecule has 1 unspecified atom stereocenters. The van der Waals surface area contributed by atoms with E-state index in [9.17, 15) is 0 Å². The molecule has 1 N–H and O–H groups in total. The molecule has 0 fully saturated rings. The smallest absolute Gasteiger partial charge is 0.0480 e. The topological polar surface area (TPSA) is 34.1 Å². The van der Waals surface area contributed by atoms with Gasteiger partial charge in [-0.05, 0) is 37.9 Å². The van der Waals surface area contributed by atoms with Crippen LogP contribution in [-0.2, 0) is 11.2 Å². The molecule has 0 saturated carbocycles. The van der Waals surface area contributed by atoms with E-state index in [1.807, 2.05) is 18.3 Å². The van der Waals surface area contributed by atoms with Crippen molar-refractivity contribution in [3.63, 3.8) is 0 Å². The lowest BCUT2D eigenvalue weighted by molar-refractivity contribution is 0.124. The van der Waals surface area contributed by atoms with Crippen LogP contribution in [0.3, 0.4) is 0 Å². The van der Waals surface area contributed by atoms with Crippen molar-refractivity contribution in [3.8, 4) is 0 Å². The zero-order valence-corrected chi connectivity index (χ0v) is 11.7. The van der Waals surface area contributed by atoms with E-state index in [2.05, 4.69) is 30.2 Å². The second-order valence-corrected chi connectivity index (χ2v) is 4.58. The molecule has 1 aromatic rings. The van der Waals surface area contributed by atoms with Crippen LogP contribution in [0, 0.1) is 0 Å². The van der Waals surface area contributed by atoms with Crippen molar-refractivity contribution in [2.24, 2.45) is 0 Å². The van der Waals surface area contributed by atoms with Gasteiger partial charge in [0.05, 0.1) is 0 Å². The number of pyridine rings is 1. The van der Waals surface area contributed by atoms with Gasteiger partial charge in [-0.3, -0.25) is 4.98 Å². The summed E-state index contributed by atoms with van der Waals surface area (Å²) in [7, 11) is 0. The minimum absolute atomic E-state index is 0.469. The fourth-order valence-electron chi connectivity index (χ4n) is 1.87. The monoisotopic (exact) mass is 250 g/mol. The molecule has 1 rings (SSSR count). The summed E-state index contributed by atoms with van der Waals surface area (Å²) in [5, 5.41) is 3.57. The fourth-order valence-corrected chi connectivity index (χ4v) is 1.87. The Bertz CT molecular complexity index is 290. The third-order valence-corrected chi connectivity index (χ3v) is 2.82. The summed E-state index contributed by atoms with van der Waals surface area (Å²) in [6, 6.07) is 6.57. The van der Waals surface area contributed by atoms with Gasteiger partial charge < -0.3 is 10.1 Å². The summed E-state index contributed by atoms with van der Waals surface area (Å²) in [6.45, 7) is 7.09. The molecule has 18 heavy (non-hydrogen) atoms. The molecule has 0 aliphatic carbocycles. The van der Waals surface area contributed by atoms with Crippen LogP contribution in [0.2, 0.25) is 0 Å².